The Labute approximate surface area is 238 Å². The summed E-state index contributed by atoms with van der Waals surface area (Å²) in [4.78, 5) is 24.3. The second-order valence-corrected chi connectivity index (χ2v) is 9.61. The molecule has 0 aromatic heterocycles. The van der Waals surface area contributed by atoms with Crippen LogP contribution in [0.4, 0.5) is 0 Å². The topological polar surface area (TPSA) is 75.7 Å². The first-order chi connectivity index (χ1) is 17.0. The smallest absolute Gasteiger partial charge is 0.549 e. The van der Waals surface area contributed by atoms with E-state index in [1.807, 2.05) is 0 Å². The van der Waals surface area contributed by atoms with Crippen LogP contribution in [0, 0.1) is 0 Å². The van der Waals surface area contributed by atoms with Crippen molar-refractivity contribution in [2.45, 2.75) is 50.4 Å². The van der Waals surface area contributed by atoms with E-state index < -0.39 is 11.9 Å². The summed E-state index contributed by atoms with van der Waals surface area (Å²) in [6.07, 6.45) is 5.13. The van der Waals surface area contributed by atoms with Crippen molar-refractivity contribution in [3.05, 3.63) is 87.9 Å². The second kappa shape index (κ2) is 11.8. The van der Waals surface area contributed by atoms with Gasteiger partial charge in [-0.2, -0.15) is 0 Å². The molecule has 0 N–H and O–H groups in total. The number of rotatable bonds is 7. The third-order valence-electron chi connectivity index (χ3n) is 7.01. The van der Waals surface area contributed by atoms with Crippen LogP contribution in [0.2, 0.25) is 5.02 Å². The molecule has 3 aromatic rings. The predicted molar refractivity (Wildman–Crippen MR) is 132 cm³/mol. The Balaban J connectivity index is 0.00000304. The van der Waals surface area contributed by atoms with Crippen molar-refractivity contribution >= 4 is 23.4 Å². The van der Waals surface area contributed by atoms with Gasteiger partial charge in [-0.05, 0) is 79.5 Å². The Bertz CT molecular complexity index is 1260. The van der Waals surface area contributed by atoms with Gasteiger partial charge in [0.25, 0.3) is 0 Å². The van der Waals surface area contributed by atoms with Gasteiger partial charge in [-0.15, -0.1) is 0 Å². The molecule has 36 heavy (non-hydrogen) atoms. The van der Waals surface area contributed by atoms with Gasteiger partial charge < -0.3 is 19.4 Å². The van der Waals surface area contributed by atoms with Crippen LogP contribution >= 0.6 is 11.6 Å². The zero-order valence-electron chi connectivity index (χ0n) is 20.3. The molecular weight excluding hydrogens is 487 g/mol. The fourth-order valence-corrected chi connectivity index (χ4v) is 5.36. The first-order valence-electron chi connectivity index (χ1n) is 12.1. The summed E-state index contributed by atoms with van der Waals surface area (Å²) < 4.78 is 11.5. The summed E-state index contributed by atoms with van der Waals surface area (Å²) in [7, 11) is 0. The van der Waals surface area contributed by atoms with Crippen LogP contribution in [-0.2, 0) is 11.2 Å². The molecule has 5 rings (SSSR count). The molecule has 0 fully saturated rings. The van der Waals surface area contributed by atoms with Gasteiger partial charge in [0.2, 0.25) is 0 Å². The molecule has 0 amide bonds. The van der Waals surface area contributed by atoms with Crippen molar-refractivity contribution in [2.75, 3.05) is 6.61 Å². The number of carbonyl (C=O) groups excluding carboxylic acids is 2. The zero-order chi connectivity index (χ0) is 24.4. The minimum absolute atomic E-state index is 0. The van der Waals surface area contributed by atoms with Gasteiger partial charge in [-0.25, -0.2) is 0 Å². The molecule has 2 aliphatic rings. The first kappa shape index (κ1) is 26.7. The predicted octanol–water partition coefficient (Wildman–Crippen LogP) is 2.84. The van der Waals surface area contributed by atoms with Crippen LogP contribution in [0.1, 0.15) is 71.0 Å². The third kappa shape index (κ3) is 5.81. The molecule has 0 saturated heterocycles. The first-order valence-corrected chi connectivity index (χ1v) is 12.4. The average Bonchev–Trinajstić information content (AvgIpc) is 2.87. The quantitative estimate of drug-likeness (QED) is 0.359. The Morgan fingerprint density at radius 2 is 1.81 bits per heavy atom. The van der Waals surface area contributed by atoms with Crippen molar-refractivity contribution in [3.8, 4) is 17.2 Å². The van der Waals surface area contributed by atoms with Crippen LogP contribution in [0.5, 0.6) is 17.2 Å². The summed E-state index contributed by atoms with van der Waals surface area (Å²) in [5, 5.41) is 11.7. The molecular formula is C29H26ClNaO5. The number of halogens is 1. The SMILES string of the molecule is O=C(CCC1CCCc2ccccc21)c1ccc(Oc2cc3c(cc2Cl)C(C(=O)[O-])CCO3)cc1.[Na+]. The van der Waals surface area contributed by atoms with Crippen molar-refractivity contribution in [1.82, 2.24) is 0 Å². The summed E-state index contributed by atoms with van der Waals surface area (Å²) in [6, 6.07) is 18.7. The molecule has 2 unspecified atom stereocenters. The summed E-state index contributed by atoms with van der Waals surface area (Å²) in [5.74, 6) is -0.0216. The van der Waals surface area contributed by atoms with Gasteiger partial charge in [0.1, 0.15) is 17.2 Å². The number of hydrogen-bond acceptors (Lipinski definition) is 5. The Morgan fingerprint density at radius 1 is 1.03 bits per heavy atom. The summed E-state index contributed by atoms with van der Waals surface area (Å²) >= 11 is 6.37. The molecule has 0 bridgehead atoms. The maximum absolute atomic E-state index is 12.8. The van der Waals surface area contributed by atoms with E-state index >= 15 is 0 Å². The van der Waals surface area contributed by atoms with Crippen LogP contribution < -0.4 is 44.1 Å². The Hall–Kier alpha value is -2.31. The van der Waals surface area contributed by atoms with E-state index in [1.165, 1.54) is 17.5 Å². The zero-order valence-corrected chi connectivity index (χ0v) is 23.1. The molecule has 1 aliphatic carbocycles. The van der Waals surface area contributed by atoms with Gasteiger partial charge >= 0.3 is 29.6 Å². The Kier molecular flexibility index (Phi) is 8.78. The summed E-state index contributed by atoms with van der Waals surface area (Å²) in [6.45, 7) is 0.288. The van der Waals surface area contributed by atoms with E-state index in [0.717, 1.165) is 19.3 Å². The average molecular weight is 513 g/mol. The number of aryl methyl sites for hydroxylation is 1. The largest absolute Gasteiger partial charge is 1.00 e. The van der Waals surface area contributed by atoms with E-state index in [1.54, 1.807) is 36.4 Å². The van der Waals surface area contributed by atoms with Crippen LogP contribution in [0.15, 0.2) is 60.7 Å². The molecule has 0 saturated carbocycles. The number of carboxylic acid groups (broad SMARTS) is 1. The van der Waals surface area contributed by atoms with Crippen LogP contribution in [0.25, 0.3) is 0 Å². The van der Waals surface area contributed by atoms with Crippen molar-refractivity contribution in [1.29, 1.82) is 0 Å². The van der Waals surface area contributed by atoms with Crippen LogP contribution in [0.3, 0.4) is 0 Å². The minimum atomic E-state index is -1.15. The molecule has 5 nitrogen and oxygen atoms in total. The number of ether oxygens (including phenoxy) is 2. The van der Waals surface area contributed by atoms with Crippen molar-refractivity contribution in [3.63, 3.8) is 0 Å². The molecule has 180 valence electrons. The fraction of sp³-hybridized carbons (Fsp3) is 0.310. The normalized spacial score (nSPS) is 18.1. The van der Waals surface area contributed by atoms with E-state index in [0.29, 0.717) is 47.1 Å². The number of carbonyl (C=O) groups is 2. The van der Waals surface area contributed by atoms with Crippen molar-refractivity contribution in [2.24, 2.45) is 0 Å². The number of aliphatic carboxylic acids is 1. The standard InChI is InChI=1S/C29H27ClO5.Na/c30-25-16-24-23(29(32)33)14-15-34-27(24)17-28(25)35-21-11-8-20(9-12-21)26(31)13-10-19-6-3-5-18-4-1-2-7-22(18)19;/h1-2,4,7-9,11-12,16-17,19,23H,3,5-6,10,13-15H2,(H,32,33);/q;+1/p-1. The molecule has 7 heteroatoms. The number of carboxylic acids is 1. The number of hydrogen-bond donors (Lipinski definition) is 0. The summed E-state index contributed by atoms with van der Waals surface area (Å²) in [5.41, 5.74) is 3.96. The fourth-order valence-electron chi connectivity index (χ4n) is 5.15. The third-order valence-corrected chi connectivity index (χ3v) is 7.30. The van der Waals surface area contributed by atoms with Gasteiger partial charge in [0, 0.05) is 35.5 Å². The minimum Gasteiger partial charge on any atom is -0.549 e. The molecule has 3 aromatic carbocycles. The van der Waals surface area contributed by atoms with E-state index in [-0.39, 0.29) is 47.0 Å². The van der Waals surface area contributed by atoms with Crippen LogP contribution in [-0.4, -0.2) is 18.4 Å². The van der Waals surface area contributed by atoms with E-state index in [9.17, 15) is 14.7 Å². The second-order valence-electron chi connectivity index (χ2n) is 9.21. The van der Waals surface area contributed by atoms with Gasteiger partial charge in [-0.1, -0.05) is 35.9 Å². The van der Waals surface area contributed by atoms with Gasteiger partial charge in [0.05, 0.1) is 11.6 Å². The molecule has 0 radical (unpaired) electrons. The van der Waals surface area contributed by atoms with Gasteiger partial charge in [0.15, 0.2) is 5.78 Å². The maximum atomic E-state index is 12.8. The van der Waals surface area contributed by atoms with E-state index in [4.69, 9.17) is 21.1 Å². The number of fused-ring (bicyclic) bond motifs is 2. The monoisotopic (exact) mass is 512 g/mol. The number of benzene rings is 3. The maximum Gasteiger partial charge on any atom is 1.00 e. The van der Waals surface area contributed by atoms with Crippen molar-refractivity contribution < 1.29 is 53.7 Å². The van der Waals surface area contributed by atoms with E-state index in [2.05, 4.69) is 24.3 Å². The number of Topliss-reactive ketones (excluding diaryl/α,β-unsaturated/α-hetero) is 1. The molecule has 2 atom stereocenters. The Morgan fingerprint density at radius 3 is 2.58 bits per heavy atom. The van der Waals surface area contributed by atoms with Gasteiger partial charge in [-0.3, -0.25) is 4.79 Å². The number of ketones is 1. The molecule has 0 spiro atoms. The molecule has 1 aliphatic heterocycles. The molecule has 1 heterocycles.